The SMILES string of the molecule is CCOCC.[Ni].[Ni].c1ccc([PH+](CC[PH+](CC[PH+](c2ccccc2)c2ccccc2)c2ccccc2)CC[PH+](c2ccccc2)c2ccccc2)cc1.c1ccc([PH+](CC[PH+](CC[PH+](c2ccccc2)c2ccccc2)c2ccccc2)CC[PH+](c2ccccc2)c2ccccc2)cc1. The molecule has 512 valence electrons. The van der Waals surface area contributed by atoms with E-state index in [9.17, 15) is 0 Å². The predicted octanol–water partition coefficient (Wildman–Crippen LogP) is 16.6. The average molecular weight is 1540 g/mol. The van der Waals surface area contributed by atoms with Crippen molar-refractivity contribution in [3.8, 4) is 0 Å². The third-order valence-electron chi connectivity index (χ3n) is 18.3. The van der Waals surface area contributed by atoms with Crippen LogP contribution in [0, 0.1) is 0 Å². The summed E-state index contributed by atoms with van der Waals surface area (Å²) in [6.45, 7) is 5.67. The smallest absolute Gasteiger partial charge is 0.100 e. The number of ether oxygens (including phenoxy) is 1. The summed E-state index contributed by atoms with van der Waals surface area (Å²) in [5.41, 5.74) is 0. The van der Waals surface area contributed by atoms with Crippen LogP contribution >= 0.6 is 63.4 Å². The Balaban J connectivity index is 0.000000232. The van der Waals surface area contributed by atoms with Gasteiger partial charge < -0.3 is 4.74 Å². The van der Waals surface area contributed by atoms with Crippen molar-refractivity contribution in [3.63, 3.8) is 0 Å². The molecule has 1 nitrogen and oxygen atoms in total. The van der Waals surface area contributed by atoms with Crippen molar-refractivity contribution in [2.75, 3.05) is 87.2 Å². The van der Waals surface area contributed by atoms with Gasteiger partial charge >= 0.3 is 0 Å². The molecule has 0 bridgehead atoms. The monoisotopic (exact) mass is 1540 g/mol. The van der Waals surface area contributed by atoms with E-state index in [2.05, 4.69) is 364 Å². The third kappa shape index (κ3) is 26.4. The normalized spacial score (nSPS) is 12.2. The minimum absolute atomic E-state index is 0. The predicted molar refractivity (Wildman–Crippen MR) is 460 cm³/mol. The maximum absolute atomic E-state index is 4.83. The van der Waals surface area contributed by atoms with Gasteiger partial charge in [-0.1, -0.05) is 218 Å². The first-order chi connectivity index (χ1) is 48.1. The van der Waals surface area contributed by atoms with Crippen molar-refractivity contribution in [1.82, 2.24) is 0 Å². The molecule has 12 aromatic carbocycles. The van der Waals surface area contributed by atoms with Crippen LogP contribution in [0.2, 0.25) is 0 Å². The van der Waals surface area contributed by atoms with Crippen LogP contribution in [0.1, 0.15) is 13.8 Å². The van der Waals surface area contributed by atoms with E-state index in [4.69, 9.17) is 4.74 Å². The summed E-state index contributed by atoms with van der Waals surface area (Å²) in [5.74, 6) is 0. The fourth-order valence-corrected chi connectivity index (χ4v) is 41.2. The van der Waals surface area contributed by atoms with Gasteiger partial charge in [0.1, 0.15) is 24.6 Å². The van der Waals surface area contributed by atoms with Crippen LogP contribution in [0.15, 0.2) is 364 Å². The molecule has 0 radical (unpaired) electrons. The molecule has 11 heteroatoms. The molecule has 0 aliphatic carbocycles. The summed E-state index contributed by atoms with van der Waals surface area (Å²) in [5, 5.41) is 18.8. The van der Waals surface area contributed by atoms with E-state index >= 15 is 0 Å². The molecule has 0 saturated carbocycles. The zero-order valence-corrected chi connectivity index (χ0v) is 67.6. The maximum atomic E-state index is 4.83. The van der Waals surface area contributed by atoms with Crippen molar-refractivity contribution in [2.24, 2.45) is 0 Å². The Morgan fingerprint density at radius 3 is 0.384 bits per heavy atom. The molecular formula is C88H102Ni2OP8+8. The summed E-state index contributed by atoms with van der Waals surface area (Å²) in [6, 6.07) is 137. The number of benzene rings is 12. The second-order valence-electron chi connectivity index (χ2n) is 24.5. The second kappa shape index (κ2) is 46.6. The summed E-state index contributed by atoms with van der Waals surface area (Å²) < 4.78 is 4.83. The second-order valence-corrected chi connectivity index (χ2v) is 46.1. The summed E-state index contributed by atoms with van der Waals surface area (Å²) in [6.07, 6.45) is 15.9. The first-order valence-corrected chi connectivity index (χ1v) is 49.6. The van der Waals surface area contributed by atoms with Gasteiger partial charge in [0.15, 0.2) is 0 Å². The van der Waals surface area contributed by atoms with E-state index < -0.39 is 63.4 Å². The van der Waals surface area contributed by atoms with Crippen LogP contribution in [0.5, 0.6) is 0 Å². The van der Waals surface area contributed by atoms with Gasteiger partial charge in [-0.05, 0) is 159 Å². The van der Waals surface area contributed by atoms with E-state index in [1.807, 2.05) is 13.8 Å². The molecule has 99 heavy (non-hydrogen) atoms. The van der Waals surface area contributed by atoms with Crippen molar-refractivity contribution >= 4 is 127 Å². The third-order valence-corrected chi connectivity index (χ3v) is 43.9. The quantitative estimate of drug-likeness (QED) is 0.0302. The van der Waals surface area contributed by atoms with Crippen molar-refractivity contribution in [1.29, 1.82) is 0 Å². The van der Waals surface area contributed by atoms with Crippen LogP contribution in [0.3, 0.4) is 0 Å². The summed E-state index contributed by atoms with van der Waals surface area (Å²) >= 11 is 0. The van der Waals surface area contributed by atoms with Crippen molar-refractivity contribution < 1.29 is 37.7 Å². The van der Waals surface area contributed by atoms with Crippen LogP contribution in [-0.4, -0.2) is 87.2 Å². The molecular weight excluding hydrogens is 1440 g/mol. The molecule has 4 unspecified atom stereocenters. The molecule has 0 aliphatic rings. The maximum Gasteiger partial charge on any atom is 0.100 e. The zero-order valence-electron chi connectivity index (χ0n) is 57.6. The standard InChI is InChI=1S/2C42H42P4.C4H10O.2Ni/c2*1-7-19-37(20-8-1)43(33-35-45(39-23-11-3-12-24-39)40-25-13-4-14-26-40)31-32-44(38-21-9-2-10-22-38)34-36-46(41-27-15-5-16-28-41)42-29-17-6-18-30-42;1-3-5-4-2;;/h2*1-30H,31-36H2;3-4H2,1-2H3;;/p+8. The first-order valence-electron chi connectivity index (χ1n) is 35.2. The van der Waals surface area contributed by atoms with Crippen LogP contribution in [0.4, 0.5) is 0 Å². The van der Waals surface area contributed by atoms with Crippen molar-refractivity contribution in [3.05, 3.63) is 364 Å². The Kier molecular flexibility index (Phi) is 37.5. The Bertz CT molecular complexity index is 3280. The molecule has 4 atom stereocenters. The molecule has 0 saturated heterocycles. The fraction of sp³-hybridized carbons (Fsp3) is 0.182. The van der Waals surface area contributed by atoms with Crippen LogP contribution in [0.25, 0.3) is 0 Å². The van der Waals surface area contributed by atoms with Gasteiger partial charge in [0.05, 0.1) is 145 Å². The van der Waals surface area contributed by atoms with E-state index in [-0.39, 0.29) is 33.0 Å². The van der Waals surface area contributed by atoms with Gasteiger partial charge in [-0.2, -0.15) is 0 Å². The molecule has 12 aromatic rings. The molecule has 0 N–H and O–H groups in total. The van der Waals surface area contributed by atoms with Gasteiger partial charge in [0, 0.05) is 77.9 Å². The van der Waals surface area contributed by atoms with E-state index in [0.29, 0.717) is 0 Å². The molecule has 12 rings (SSSR count). The van der Waals surface area contributed by atoms with Crippen molar-refractivity contribution in [2.45, 2.75) is 13.8 Å². The molecule has 0 spiro atoms. The molecule has 0 aromatic heterocycles. The number of hydrogen-bond acceptors (Lipinski definition) is 1. The Hall–Kier alpha value is -4.97. The van der Waals surface area contributed by atoms with Crippen LogP contribution < -0.4 is 63.7 Å². The van der Waals surface area contributed by atoms with Gasteiger partial charge in [-0.3, -0.25) is 0 Å². The summed E-state index contributed by atoms with van der Waals surface area (Å²) in [7, 11) is -6.20. The minimum atomic E-state index is -0.835. The number of rotatable bonds is 32. The topological polar surface area (TPSA) is 9.23 Å². The largest absolute Gasteiger partial charge is 0.382 e. The fourth-order valence-electron chi connectivity index (χ4n) is 13.2. The van der Waals surface area contributed by atoms with Gasteiger partial charge in [0.25, 0.3) is 0 Å². The zero-order chi connectivity index (χ0) is 66.6. The Morgan fingerprint density at radius 2 is 0.273 bits per heavy atom. The molecule has 0 fully saturated rings. The van der Waals surface area contributed by atoms with Gasteiger partial charge in [-0.15, -0.1) is 0 Å². The average Bonchev–Trinajstić information content (AvgIpc) is 2.31. The van der Waals surface area contributed by atoms with E-state index in [0.717, 1.165) is 13.2 Å². The van der Waals surface area contributed by atoms with E-state index in [1.165, 1.54) is 73.9 Å². The number of hydrogen-bond donors (Lipinski definition) is 0. The van der Waals surface area contributed by atoms with Gasteiger partial charge in [0.2, 0.25) is 0 Å². The Morgan fingerprint density at radius 1 is 0.162 bits per heavy atom. The molecule has 0 aliphatic heterocycles. The Labute approximate surface area is 624 Å². The van der Waals surface area contributed by atoms with Gasteiger partial charge in [-0.25, -0.2) is 0 Å². The molecule has 0 amide bonds. The summed E-state index contributed by atoms with van der Waals surface area (Å²) in [4.78, 5) is 0. The molecule has 0 heterocycles. The first kappa shape index (κ1) is 79.7. The van der Waals surface area contributed by atoms with E-state index in [1.54, 1.807) is 63.7 Å². The minimum Gasteiger partial charge on any atom is -0.382 e. The van der Waals surface area contributed by atoms with Crippen LogP contribution in [-0.2, 0) is 37.7 Å².